The third-order valence-corrected chi connectivity index (χ3v) is 7.49. The summed E-state index contributed by atoms with van der Waals surface area (Å²) in [5.74, 6) is 0.425. The van der Waals surface area contributed by atoms with Gasteiger partial charge in [-0.25, -0.2) is 0 Å². The zero-order valence-corrected chi connectivity index (χ0v) is 17.6. The van der Waals surface area contributed by atoms with E-state index in [-0.39, 0.29) is 11.3 Å². The smallest absolute Gasteiger partial charge is 0.223 e. The Bertz CT molecular complexity index is 1010. The number of nitrogens with one attached hydrogen (secondary N) is 1. The van der Waals surface area contributed by atoms with Crippen LogP contribution in [0.25, 0.3) is 0 Å². The van der Waals surface area contributed by atoms with Gasteiger partial charge in [-0.1, -0.05) is 56.3 Å². The van der Waals surface area contributed by atoms with Crippen LogP contribution < -0.4 is 15.1 Å². The van der Waals surface area contributed by atoms with Crippen LogP contribution in [0, 0.1) is 0 Å². The molecular formula is C25H29N3O. The number of carbonyl (C=O) groups excluding carboxylic acids is 1. The molecule has 2 aromatic rings. The third-order valence-electron chi connectivity index (χ3n) is 7.49. The van der Waals surface area contributed by atoms with Crippen molar-refractivity contribution in [2.24, 2.45) is 0 Å². The topological polar surface area (TPSA) is 35.6 Å². The summed E-state index contributed by atoms with van der Waals surface area (Å²) in [6.45, 7) is 7.52. The van der Waals surface area contributed by atoms with Crippen molar-refractivity contribution in [2.45, 2.75) is 50.2 Å². The fourth-order valence-corrected chi connectivity index (χ4v) is 5.64. The maximum Gasteiger partial charge on any atom is 0.223 e. The maximum atomic E-state index is 12.6. The molecule has 0 unspecified atom stereocenters. The number of rotatable bonds is 2. The molecule has 29 heavy (non-hydrogen) atoms. The summed E-state index contributed by atoms with van der Waals surface area (Å²) >= 11 is 0. The summed E-state index contributed by atoms with van der Waals surface area (Å²) in [5, 5.41) is 3.39. The van der Waals surface area contributed by atoms with Crippen molar-refractivity contribution in [3.05, 3.63) is 71.8 Å². The molecule has 3 aliphatic heterocycles. The van der Waals surface area contributed by atoms with Gasteiger partial charge >= 0.3 is 0 Å². The number of anilines is 2. The van der Waals surface area contributed by atoms with Gasteiger partial charge in [0.05, 0.1) is 0 Å². The minimum Gasteiger partial charge on any atom is -0.371 e. The summed E-state index contributed by atoms with van der Waals surface area (Å²) < 4.78 is 0. The van der Waals surface area contributed by atoms with Gasteiger partial charge < -0.3 is 15.1 Å². The molecule has 2 aromatic carbocycles. The molecule has 3 atom stereocenters. The van der Waals surface area contributed by atoms with Crippen LogP contribution in [0.3, 0.4) is 0 Å². The van der Waals surface area contributed by atoms with E-state index in [9.17, 15) is 4.79 Å². The Labute approximate surface area is 173 Å². The van der Waals surface area contributed by atoms with Crippen molar-refractivity contribution < 1.29 is 4.79 Å². The first-order chi connectivity index (χ1) is 13.9. The quantitative estimate of drug-likeness (QED) is 0.786. The molecule has 1 saturated heterocycles. The number of likely N-dealkylation sites (N-methyl/N-ethyl adjacent to an activating group) is 1. The summed E-state index contributed by atoms with van der Waals surface area (Å²) in [4.78, 5) is 17.3. The Kier molecular flexibility index (Phi) is 3.86. The van der Waals surface area contributed by atoms with Crippen LogP contribution in [0.2, 0.25) is 0 Å². The predicted octanol–water partition coefficient (Wildman–Crippen LogP) is 4.18. The van der Waals surface area contributed by atoms with Gasteiger partial charge in [-0.15, -0.1) is 0 Å². The van der Waals surface area contributed by atoms with Crippen molar-refractivity contribution in [1.29, 1.82) is 0 Å². The first-order valence-electron chi connectivity index (χ1n) is 10.6. The number of benzene rings is 2. The molecule has 0 aliphatic carbocycles. The largest absolute Gasteiger partial charge is 0.371 e. The van der Waals surface area contributed by atoms with Gasteiger partial charge in [0, 0.05) is 48.8 Å². The van der Waals surface area contributed by atoms with Crippen LogP contribution >= 0.6 is 0 Å². The SMILES string of the molecule is C[C@H]1[C@@H](/C=C/[C@]23NC(=O)CCN2c2ccccc2C3(C)C)c2ccccc2N1C. The molecule has 0 radical (unpaired) electrons. The van der Waals surface area contributed by atoms with Gasteiger partial charge in [0.15, 0.2) is 0 Å². The maximum absolute atomic E-state index is 12.6. The first-order valence-corrected chi connectivity index (χ1v) is 10.6. The van der Waals surface area contributed by atoms with E-state index in [2.05, 4.69) is 104 Å². The lowest BCUT2D eigenvalue weighted by molar-refractivity contribution is -0.124. The summed E-state index contributed by atoms with van der Waals surface area (Å²) in [5.41, 5.74) is 4.41. The van der Waals surface area contributed by atoms with E-state index in [0.29, 0.717) is 18.4 Å². The van der Waals surface area contributed by atoms with Crippen molar-refractivity contribution in [1.82, 2.24) is 5.32 Å². The van der Waals surface area contributed by atoms with Gasteiger partial charge in [0.25, 0.3) is 0 Å². The van der Waals surface area contributed by atoms with Crippen LogP contribution in [-0.4, -0.2) is 31.2 Å². The number of hydrogen-bond acceptors (Lipinski definition) is 3. The number of hydrogen-bond donors (Lipinski definition) is 1. The van der Waals surface area contributed by atoms with Crippen LogP contribution in [0.4, 0.5) is 11.4 Å². The zero-order chi connectivity index (χ0) is 20.4. The number of amides is 1. The van der Waals surface area contributed by atoms with E-state index in [0.717, 1.165) is 6.54 Å². The highest BCUT2D eigenvalue weighted by molar-refractivity contribution is 5.84. The van der Waals surface area contributed by atoms with Crippen molar-refractivity contribution >= 4 is 17.3 Å². The molecule has 0 spiro atoms. The molecular weight excluding hydrogens is 358 g/mol. The second-order valence-corrected chi connectivity index (χ2v) is 9.15. The Morgan fingerprint density at radius 3 is 2.55 bits per heavy atom. The van der Waals surface area contributed by atoms with Gasteiger partial charge in [-0.3, -0.25) is 4.79 Å². The summed E-state index contributed by atoms with van der Waals surface area (Å²) in [7, 11) is 2.17. The molecule has 4 heteroatoms. The number of fused-ring (bicyclic) bond motifs is 4. The van der Waals surface area contributed by atoms with Gasteiger partial charge in [-0.2, -0.15) is 0 Å². The van der Waals surface area contributed by atoms with Crippen molar-refractivity contribution in [3.63, 3.8) is 0 Å². The molecule has 5 rings (SSSR count). The van der Waals surface area contributed by atoms with Crippen LogP contribution in [0.15, 0.2) is 60.7 Å². The van der Waals surface area contributed by atoms with Crippen LogP contribution in [0.5, 0.6) is 0 Å². The van der Waals surface area contributed by atoms with Gasteiger partial charge in [0.2, 0.25) is 5.91 Å². The first kappa shape index (κ1) is 18.3. The highest BCUT2D eigenvalue weighted by Crippen LogP contribution is 2.52. The van der Waals surface area contributed by atoms with E-state index in [1.807, 2.05) is 0 Å². The Morgan fingerprint density at radius 2 is 1.76 bits per heavy atom. The lowest BCUT2D eigenvalue weighted by Gasteiger charge is -2.49. The standard InChI is InChI=1S/C25H29N3O/c1-17-18(19-9-5-7-11-21(19)27(17)4)13-15-25-24(2,3)20-10-6-8-12-22(20)28(25)16-14-23(29)26-25/h5-13,15,17-18H,14,16H2,1-4H3,(H,26,29)/b15-13+/t17-,18+,25-/m0/s1. The molecule has 150 valence electrons. The van der Waals surface area contributed by atoms with Gasteiger partial charge in [0.1, 0.15) is 5.66 Å². The molecule has 3 heterocycles. The van der Waals surface area contributed by atoms with E-state index in [1.165, 1.54) is 22.5 Å². The molecule has 0 saturated carbocycles. The molecule has 1 N–H and O–H groups in total. The Morgan fingerprint density at radius 1 is 1.07 bits per heavy atom. The Hall–Kier alpha value is -2.75. The number of para-hydroxylation sites is 2. The van der Waals surface area contributed by atoms with Gasteiger partial charge in [-0.05, 0) is 36.3 Å². The molecule has 3 aliphatic rings. The fraction of sp³-hybridized carbons (Fsp3) is 0.400. The molecule has 1 amide bonds. The predicted molar refractivity (Wildman–Crippen MR) is 118 cm³/mol. The summed E-state index contributed by atoms with van der Waals surface area (Å²) in [6.07, 6.45) is 5.14. The monoisotopic (exact) mass is 387 g/mol. The minimum absolute atomic E-state index is 0.128. The van der Waals surface area contributed by atoms with E-state index in [1.54, 1.807) is 0 Å². The molecule has 4 nitrogen and oxygen atoms in total. The van der Waals surface area contributed by atoms with Crippen LogP contribution in [-0.2, 0) is 10.2 Å². The molecule has 0 aromatic heterocycles. The highest BCUT2D eigenvalue weighted by Gasteiger charge is 2.57. The van der Waals surface area contributed by atoms with E-state index >= 15 is 0 Å². The summed E-state index contributed by atoms with van der Waals surface area (Å²) in [6, 6.07) is 17.6. The van der Waals surface area contributed by atoms with E-state index in [4.69, 9.17) is 0 Å². The normalized spacial score (nSPS) is 29.6. The lowest BCUT2D eigenvalue weighted by atomic mass is 9.74. The second kappa shape index (κ2) is 6.12. The molecule has 0 bridgehead atoms. The second-order valence-electron chi connectivity index (χ2n) is 9.15. The highest BCUT2D eigenvalue weighted by atomic mass is 16.2. The average Bonchev–Trinajstić information content (AvgIpc) is 3.07. The average molecular weight is 388 g/mol. The minimum atomic E-state index is -0.540. The number of carbonyl (C=O) groups is 1. The van der Waals surface area contributed by atoms with Crippen molar-refractivity contribution in [3.8, 4) is 0 Å². The van der Waals surface area contributed by atoms with Crippen molar-refractivity contribution in [2.75, 3.05) is 23.4 Å². The molecule has 1 fully saturated rings. The zero-order valence-electron chi connectivity index (χ0n) is 17.6. The third kappa shape index (κ3) is 2.35. The van der Waals surface area contributed by atoms with Crippen LogP contribution in [0.1, 0.15) is 44.2 Å². The Balaban J connectivity index is 1.61. The fourth-order valence-electron chi connectivity index (χ4n) is 5.64. The van der Waals surface area contributed by atoms with E-state index < -0.39 is 5.66 Å². The lowest BCUT2D eigenvalue weighted by Crippen LogP contribution is -2.68. The number of nitrogens with zero attached hydrogens (tertiary/aromatic N) is 2.